The number of ether oxygens (including phenoxy) is 1. The van der Waals surface area contributed by atoms with Crippen LogP contribution in [0.2, 0.25) is 0 Å². The SMILES string of the molecule is CCCC(CN)(CO)CC1CCOCC1. The smallest absolute Gasteiger partial charge is 0.0499 e. The molecule has 0 aromatic rings. The van der Waals surface area contributed by atoms with Gasteiger partial charge in [-0.2, -0.15) is 0 Å². The summed E-state index contributed by atoms with van der Waals surface area (Å²) in [4.78, 5) is 0. The number of rotatable bonds is 6. The van der Waals surface area contributed by atoms with Gasteiger partial charge >= 0.3 is 0 Å². The van der Waals surface area contributed by atoms with Crippen LogP contribution in [-0.4, -0.2) is 31.5 Å². The largest absolute Gasteiger partial charge is 0.396 e. The fraction of sp³-hybridized carbons (Fsp3) is 1.00. The standard InChI is InChI=1S/C12H25NO2/c1-2-5-12(9-13,10-14)8-11-3-6-15-7-4-11/h11,14H,2-10,13H2,1H3. The Morgan fingerprint density at radius 2 is 2.07 bits per heavy atom. The summed E-state index contributed by atoms with van der Waals surface area (Å²) in [6, 6.07) is 0. The Morgan fingerprint density at radius 1 is 1.40 bits per heavy atom. The number of aliphatic hydroxyl groups is 1. The van der Waals surface area contributed by atoms with E-state index in [0.29, 0.717) is 12.5 Å². The average Bonchev–Trinajstić information content (AvgIpc) is 2.30. The van der Waals surface area contributed by atoms with Crippen molar-refractivity contribution in [1.82, 2.24) is 0 Å². The third-order valence-electron chi connectivity index (χ3n) is 3.61. The Morgan fingerprint density at radius 3 is 2.53 bits per heavy atom. The highest BCUT2D eigenvalue weighted by atomic mass is 16.5. The van der Waals surface area contributed by atoms with Gasteiger partial charge in [0.05, 0.1) is 0 Å². The summed E-state index contributed by atoms with van der Waals surface area (Å²) < 4.78 is 5.35. The van der Waals surface area contributed by atoms with Crippen LogP contribution in [0.1, 0.15) is 39.0 Å². The summed E-state index contributed by atoms with van der Waals surface area (Å²) in [5.74, 6) is 0.695. The Balaban J connectivity index is 2.47. The Bertz CT molecular complexity index is 163. The molecule has 1 aliphatic rings. The zero-order valence-corrected chi connectivity index (χ0v) is 9.87. The molecule has 15 heavy (non-hydrogen) atoms. The normalized spacial score (nSPS) is 22.6. The van der Waals surface area contributed by atoms with Gasteiger partial charge in [-0.3, -0.25) is 0 Å². The summed E-state index contributed by atoms with van der Waals surface area (Å²) in [6.07, 6.45) is 5.46. The highest BCUT2D eigenvalue weighted by Crippen LogP contribution is 2.34. The molecule has 1 unspecified atom stereocenters. The molecule has 0 amide bonds. The van der Waals surface area contributed by atoms with Crippen LogP contribution in [-0.2, 0) is 4.74 Å². The number of aliphatic hydroxyl groups excluding tert-OH is 1. The molecule has 1 rings (SSSR count). The lowest BCUT2D eigenvalue weighted by Crippen LogP contribution is -2.37. The fourth-order valence-corrected chi connectivity index (χ4v) is 2.59. The first-order valence-corrected chi connectivity index (χ1v) is 6.15. The van der Waals surface area contributed by atoms with E-state index in [2.05, 4.69) is 6.92 Å². The quantitative estimate of drug-likeness (QED) is 0.706. The molecule has 3 heteroatoms. The van der Waals surface area contributed by atoms with E-state index >= 15 is 0 Å². The molecule has 0 saturated carbocycles. The van der Waals surface area contributed by atoms with Gasteiger partial charge in [0.25, 0.3) is 0 Å². The molecule has 0 spiro atoms. The molecule has 0 aromatic carbocycles. The van der Waals surface area contributed by atoms with Crippen molar-refractivity contribution >= 4 is 0 Å². The molecule has 0 aliphatic carbocycles. The maximum absolute atomic E-state index is 9.53. The Hall–Kier alpha value is -0.120. The summed E-state index contributed by atoms with van der Waals surface area (Å²) >= 11 is 0. The van der Waals surface area contributed by atoms with Gasteiger partial charge in [0.1, 0.15) is 0 Å². The zero-order valence-electron chi connectivity index (χ0n) is 9.87. The van der Waals surface area contributed by atoms with Crippen molar-refractivity contribution in [2.75, 3.05) is 26.4 Å². The maximum atomic E-state index is 9.53. The second kappa shape index (κ2) is 6.46. The predicted molar refractivity (Wildman–Crippen MR) is 61.6 cm³/mol. The molecule has 0 radical (unpaired) electrons. The number of hydrogen-bond acceptors (Lipinski definition) is 3. The van der Waals surface area contributed by atoms with Crippen LogP contribution in [0, 0.1) is 11.3 Å². The van der Waals surface area contributed by atoms with E-state index < -0.39 is 0 Å². The highest BCUT2D eigenvalue weighted by Gasteiger charge is 2.31. The van der Waals surface area contributed by atoms with Crippen molar-refractivity contribution in [1.29, 1.82) is 0 Å². The molecule has 1 fully saturated rings. The van der Waals surface area contributed by atoms with Crippen molar-refractivity contribution < 1.29 is 9.84 Å². The Labute approximate surface area is 93.0 Å². The molecule has 1 atom stereocenters. The Kier molecular flexibility index (Phi) is 5.58. The van der Waals surface area contributed by atoms with Gasteiger partial charge in [0.2, 0.25) is 0 Å². The van der Waals surface area contributed by atoms with Crippen LogP contribution in [0.25, 0.3) is 0 Å². The van der Waals surface area contributed by atoms with E-state index in [-0.39, 0.29) is 12.0 Å². The first-order chi connectivity index (χ1) is 7.26. The van der Waals surface area contributed by atoms with Gasteiger partial charge in [-0.1, -0.05) is 13.3 Å². The lowest BCUT2D eigenvalue weighted by molar-refractivity contribution is 0.0291. The van der Waals surface area contributed by atoms with Gasteiger partial charge in [0, 0.05) is 31.8 Å². The van der Waals surface area contributed by atoms with E-state index in [1.165, 1.54) is 0 Å². The van der Waals surface area contributed by atoms with Crippen molar-refractivity contribution in [3.05, 3.63) is 0 Å². The molecular weight excluding hydrogens is 190 g/mol. The second-order valence-corrected chi connectivity index (χ2v) is 4.87. The molecule has 0 aromatic heterocycles. The highest BCUT2D eigenvalue weighted by molar-refractivity contribution is 4.83. The van der Waals surface area contributed by atoms with E-state index in [1.807, 2.05) is 0 Å². The van der Waals surface area contributed by atoms with Crippen LogP contribution in [0.5, 0.6) is 0 Å². The third-order valence-corrected chi connectivity index (χ3v) is 3.61. The van der Waals surface area contributed by atoms with Gasteiger partial charge < -0.3 is 15.6 Å². The molecular formula is C12H25NO2. The summed E-state index contributed by atoms with van der Waals surface area (Å²) in [7, 11) is 0. The first-order valence-electron chi connectivity index (χ1n) is 6.15. The molecule has 90 valence electrons. The van der Waals surface area contributed by atoms with Crippen molar-refractivity contribution in [3.8, 4) is 0 Å². The van der Waals surface area contributed by atoms with Crippen LogP contribution in [0.4, 0.5) is 0 Å². The fourth-order valence-electron chi connectivity index (χ4n) is 2.59. The van der Waals surface area contributed by atoms with Gasteiger partial charge in [-0.05, 0) is 31.6 Å². The molecule has 3 N–H and O–H groups in total. The topological polar surface area (TPSA) is 55.5 Å². The van der Waals surface area contributed by atoms with E-state index in [0.717, 1.165) is 45.3 Å². The number of hydrogen-bond donors (Lipinski definition) is 2. The third kappa shape index (κ3) is 3.74. The van der Waals surface area contributed by atoms with Crippen LogP contribution in [0.3, 0.4) is 0 Å². The van der Waals surface area contributed by atoms with Crippen LogP contribution >= 0.6 is 0 Å². The molecule has 3 nitrogen and oxygen atoms in total. The minimum atomic E-state index is -0.0310. The predicted octanol–water partition coefficient (Wildman–Crippen LogP) is 1.54. The summed E-state index contributed by atoms with van der Waals surface area (Å²) in [5, 5.41) is 9.53. The van der Waals surface area contributed by atoms with E-state index in [1.54, 1.807) is 0 Å². The van der Waals surface area contributed by atoms with Crippen molar-refractivity contribution in [3.63, 3.8) is 0 Å². The van der Waals surface area contributed by atoms with Crippen LogP contribution in [0.15, 0.2) is 0 Å². The molecule has 0 bridgehead atoms. The minimum absolute atomic E-state index is 0.0310. The van der Waals surface area contributed by atoms with Gasteiger partial charge in [-0.15, -0.1) is 0 Å². The summed E-state index contributed by atoms with van der Waals surface area (Å²) in [6.45, 7) is 4.75. The van der Waals surface area contributed by atoms with Crippen molar-refractivity contribution in [2.24, 2.45) is 17.1 Å². The average molecular weight is 215 g/mol. The van der Waals surface area contributed by atoms with Crippen molar-refractivity contribution in [2.45, 2.75) is 39.0 Å². The number of nitrogens with two attached hydrogens (primary N) is 1. The van der Waals surface area contributed by atoms with E-state index in [4.69, 9.17) is 10.5 Å². The monoisotopic (exact) mass is 215 g/mol. The van der Waals surface area contributed by atoms with Gasteiger partial charge in [-0.25, -0.2) is 0 Å². The first kappa shape index (κ1) is 12.9. The lowest BCUT2D eigenvalue weighted by atomic mass is 9.74. The van der Waals surface area contributed by atoms with E-state index in [9.17, 15) is 5.11 Å². The second-order valence-electron chi connectivity index (χ2n) is 4.87. The zero-order chi connectivity index (χ0) is 11.1. The lowest BCUT2D eigenvalue weighted by Gasteiger charge is -2.35. The van der Waals surface area contributed by atoms with Gasteiger partial charge in [0.15, 0.2) is 0 Å². The summed E-state index contributed by atoms with van der Waals surface area (Å²) in [5.41, 5.74) is 5.80. The molecule has 1 heterocycles. The maximum Gasteiger partial charge on any atom is 0.0499 e. The van der Waals surface area contributed by atoms with Crippen LogP contribution < -0.4 is 5.73 Å². The molecule has 1 saturated heterocycles. The molecule has 1 aliphatic heterocycles. The minimum Gasteiger partial charge on any atom is -0.396 e.